The molecule has 0 saturated heterocycles. The van der Waals surface area contributed by atoms with Crippen LogP contribution >= 0.6 is 22.6 Å². The van der Waals surface area contributed by atoms with Gasteiger partial charge in [0.25, 0.3) is 5.91 Å². The lowest BCUT2D eigenvalue weighted by Gasteiger charge is -2.47. The monoisotopic (exact) mass is 646 g/mol. The first kappa shape index (κ1) is 29.7. The number of nitrogens with zero attached hydrogens (tertiary/aromatic N) is 2. The molecule has 2 aliphatic rings. The third-order valence-electron chi connectivity index (χ3n) is 8.53. The molecule has 1 aliphatic carbocycles. The molecule has 2 aromatic rings. The van der Waals surface area contributed by atoms with Crippen LogP contribution in [0.15, 0.2) is 47.5 Å². The van der Waals surface area contributed by atoms with Gasteiger partial charge >= 0.3 is 5.97 Å². The normalized spacial score (nSPS) is 22.2. The van der Waals surface area contributed by atoms with Gasteiger partial charge in [0.05, 0.1) is 18.7 Å². The molecule has 39 heavy (non-hydrogen) atoms. The lowest BCUT2D eigenvalue weighted by molar-refractivity contribution is -0.133. The Hall–Kier alpha value is -2.29. The second-order valence-corrected chi connectivity index (χ2v) is 12.7. The van der Waals surface area contributed by atoms with Crippen molar-refractivity contribution in [2.75, 3.05) is 7.11 Å². The number of esters is 1. The third-order valence-corrected chi connectivity index (χ3v) is 9.35. The van der Waals surface area contributed by atoms with E-state index in [0.717, 1.165) is 50.5 Å². The number of carbonyl (C=O) groups excluding carboxylic acids is 2. The highest BCUT2D eigenvalue weighted by Gasteiger charge is 2.52. The number of amides is 1. The van der Waals surface area contributed by atoms with Crippen LogP contribution in [-0.2, 0) is 14.0 Å². The fourth-order valence-electron chi connectivity index (χ4n) is 6.14. The molecule has 1 atom stereocenters. The van der Waals surface area contributed by atoms with Crippen molar-refractivity contribution in [1.29, 1.82) is 0 Å². The number of unbranched alkanes of at least 4 members (excludes halogenated alkanes) is 1. The molecule has 0 radical (unpaired) electrons. The minimum atomic E-state index is -0.661. The summed E-state index contributed by atoms with van der Waals surface area (Å²) in [7, 11) is 1.37. The van der Waals surface area contributed by atoms with Crippen molar-refractivity contribution >= 4 is 40.2 Å². The van der Waals surface area contributed by atoms with E-state index in [1.165, 1.54) is 13.2 Å². The fraction of sp³-hybridized carbons (Fsp3) is 0.531. The van der Waals surface area contributed by atoms with Crippen molar-refractivity contribution in [2.45, 2.75) is 88.8 Å². The van der Waals surface area contributed by atoms with E-state index in [0.29, 0.717) is 32.7 Å². The van der Waals surface area contributed by atoms with Gasteiger partial charge in [0.2, 0.25) is 0 Å². The number of hydrogen-bond donors (Lipinski definition) is 0. The Morgan fingerprint density at radius 2 is 1.85 bits per heavy atom. The highest BCUT2D eigenvalue weighted by molar-refractivity contribution is 14.1. The van der Waals surface area contributed by atoms with Crippen LogP contribution in [0.1, 0.15) is 106 Å². The molecule has 4 rings (SSSR count). The summed E-state index contributed by atoms with van der Waals surface area (Å²) in [6.07, 6.45) is 6.25. The Balaban J connectivity index is 1.78. The van der Waals surface area contributed by atoms with Gasteiger partial charge in [-0.25, -0.2) is 9.18 Å². The largest absolute Gasteiger partial charge is 0.465 e. The Morgan fingerprint density at radius 1 is 1.18 bits per heavy atom. The molecule has 1 heterocycles. The molecule has 1 amide bonds. The Labute approximate surface area is 245 Å². The number of carbonyl (C=O) groups is 2. The Bertz CT molecular complexity index is 1230. The van der Waals surface area contributed by atoms with Crippen molar-refractivity contribution in [3.63, 3.8) is 0 Å². The molecule has 0 bridgehead atoms. The van der Waals surface area contributed by atoms with E-state index in [1.807, 2.05) is 23.1 Å². The summed E-state index contributed by atoms with van der Waals surface area (Å²) in [5, 5.41) is 0. The standard InChI is InChI=1S/C32H40FIN2O3/c1-6-7-8-27(21-9-11-22(12-10-21)30(38)39-5)36-29(37)28(23-13-14-24(20-34)26(33)19-23)35-32(36)17-15-25(16-18-32)31(2,3)4/h9-14,19,25,27H,6-8,15-18,20H2,1-5H3/t25?,27-,32?/m1/s1. The molecule has 1 aliphatic heterocycles. The minimum Gasteiger partial charge on any atom is -0.465 e. The van der Waals surface area contributed by atoms with Crippen LogP contribution in [0.2, 0.25) is 0 Å². The molecular formula is C32H40FIN2O3. The average molecular weight is 647 g/mol. The maximum atomic E-state index is 14.8. The molecule has 1 fully saturated rings. The smallest absolute Gasteiger partial charge is 0.337 e. The predicted molar refractivity (Wildman–Crippen MR) is 162 cm³/mol. The number of rotatable bonds is 8. The SMILES string of the molecule is CCCC[C@H](c1ccc(C(=O)OC)cc1)N1C(=O)C(c2ccc(CI)c(F)c2)=NC12CCC(C(C)(C)C)CC2. The maximum Gasteiger partial charge on any atom is 0.337 e. The summed E-state index contributed by atoms with van der Waals surface area (Å²) in [5.74, 6) is -0.275. The Kier molecular flexibility index (Phi) is 9.19. The quantitative estimate of drug-likeness (QED) is 0.166. The molecular weight excluding hydrogens is 606 g/mol. The van der Waals surface area contributed by atoms with E-state index >= 15 is 0 Å². The van der Waals surface area contributed by atoms with Crippen molar-refractivity contribution in [3.05, 3.63) is 70.5 Å². The molecule has 1 spiro atoms. The van der Waals surface area contributed by atoms with Crippen LogP contribution in [0.4, 0.5) is 4.39 Å². The summed E-state index contributed by atoms with van der Waals surface area (Å²) in [4.78, 5) is 33.6. The molecule has 0 aromatic heterocycles. The van der Waals surface area contributed by atoms with Gasteiger partial charge in [-0.2, -0.15) is 0 Å². The van der Waals surface area contributed by atoms with E-state index in [4.69, 9.17) is 9.73 Å². The first-order valence-corrected chi connectivity index (χ1v) is 15.5. The number of benzene rings is 2. The topological polar surface area (TPSA) is 59.0 Å². The second-order valence-electron chi connectivity index (χ2n) is 12.0. The van der Waals surface area contributed by atoms with E-state index in [1.54, 1.807) is 18.2 Å². The summed E-state index contributed by atoms with van der Waals surface area (Å²) < 4.78 is 20.3. The molecule has 1 saturated carbocycles. The van der Waals surface area contributed by atoms with Crippen LogP contribution in [0, 0.1) is 17.2 Å². The van der Waals surface area contributed by atoms with Crippen LogP contribution in [0.25, 0.3) is 0 Å². The van der Waals surface area contributed by atoms with Gasteiger partial charge < -0.3 is 9.64 Å². The molecule has 0 N–H and O–H groups in total. The summed E-state index contributed by atoms with van der Waals surface area (Å²) in [6.45, 7) is 9.00. The van der Waals surface area contributed by atoms with Crippen molar-refractivity contribution < 1.29 is 18.7 Å². The van der Waals surface area contributed by atoms with E-state index in [9.17, 15) is 14.0 Å². The van der Waals surface area contributed by atoms with Gasteiger partial charge in [-0.15, -0.1) is 0 Å². The molecule has 5 nitrogen and oxygen atoms in total. The van der Waals surface area contributed by atoms with Gasteiger partial charge in [-0.1, -0.05) is 87.4 Å². The van der Waals surface area contributed by atoms with Gasteiger partial charge in [0.15, 0.2) is 0 Å². The zero-order chi connectivity index (χ0) is 28.4. The lowest BCUT2D eigenvalue weighted by Crippen LogP contribution is -2.51. The number of ether oxygens (including phenoxy) is 1. The van der Waals surface area contributed by atoms with Crippen molar-refractivity contribution in [1.82, 2.24) is 4.90 Å². The van der Waals surface area contributed by atoms with E-state index < -0.39 is 5.66 Å². The fourth-order valence-corrected chi connectivity index (χ4v) is 6.75. The minimum absolute atomic E-state index is 0.135. The second kappa shape index (κ2) is 12.1. The first-order chi connectivity index (χ1) is 18.5. The molecule has 0 unspecified atom stereocenters. The number of alkyl halides is 1. The predicted octanol–water partition coefficient (Wildman–Crippen LogP) is 8.04. The maximum absolute atomic E-state index is 14.8. The zero-order valence-electron chi connectivity index (χ0n) is 23.7. The summed E-state index contributed by atoms with van der Waals surface area (Å²) >= 11 is 2.15. The van der Waals surface area contributed by atoms with Crippen LogP contribution in [0.3, 0.4) is 0 Å². The van der Waals surface area contributed by atoms with Gasteiger partial charge in [0, 0.05) is 9.99 Å². The van der Waals surface area contributed by atoms with Crippen LogP contribution < -0.4 is 0 Å². The molecule has 210 valence electrons. The van der Waals surface area contributed by atoms with Crippen molar-refractivity contribution in [3.8, 4) is 0 Å². The molecule has 7 heteroatoms. The van der Waals surface area contributed by atoms with Gasteiger partial charge in [0.1, 0.15) is 17.2 Å². The van der Waals surface area contributed by atoms with Gasteiger partial charge in [-0.05, 0) is 72.8 Å². The number of methoxy groups -OCH3 is 1. The average Bonchev–Trinajstić information content (AvgIpc) is 3.19. The first-order valence-electron chi connectivity index (χ1n) is 14.0. The number of halogens is 2. The lowest BCUT2D eigenvalue weighted by atomic mass is 9.69. The molecule has 2 aromatic carbocycles. The van der Waals surface area contributed by atoms with Gasteiger partial charge in [-0.3, -0.25) is 9.79 Å². The summed E-state index contributed by atoms with van der Waals surface area (Å²) in [6, 6.07) is 12.3. The highest BCUT2D eigenvalue weighted by Crippen LogP contribution is 2.50. The number of aliphatic imine (C=N–C) groups is 1. The number of hydrogen-bond acceptors (Lipinski definition) is 4. The van der Waals surface area contributed by atoms with E-state index in [2.05, 4.69) is 50.3 Å². The van der Waals surface area contributed by atoms with Crippen LogP contribution in [0.5, 0.6) is 0 Å². The van der Waals surface area contributed by atoms with E-state index in [-0.39, 0.29) is 29.2 Å². The summed E-state index contributed by atoms with van der Waals surface area (Å²) in [5.41, 5.74) is 2.50. The third kappa shape index (κ3) is 6.08. The van der Waals surface area contributed by atoms with Crippen LogP contribution in [-0.4, -0.2) is 35.3 Å². The zero-order valence-corrected chi connectivity index (χ0v) is 25.9. The highest BCUT2D eigenvalue weighted by atomic mass is 127. The van der Waals surface area contributed by atoms with Crippen molar-refractivity contribution in [2.24, 2.45) is 16.3 Å². The Morgan fingerprint density at radius 3 is 2.38 bits per heavy atom.